The first-order valence-electron chi connectivity index (χ1n) is 7.77. The number of halogens is 1. The molecule has 0 radical (unpaired) electrons. The molecular weight excluding hydrogens is 295 g/mol. The van der Waals surface area contributed by atoms with Gasteiger partial charge in [-0.3, -0.25) is 4.68 Å². The van der Waals surface area contributed by atoms with Crippen molar-refractivity contribution in [1.29, 1.82) is 0 Å². The van der Waals surface area contributed by atoms with Crippen LogP contribution in [-0.4, -0.2) is 21.9 Å². The second-order valence-electron chi connectivity index (χ2n) is 5.70. The summed E-state index contributed by atoms with van der Waals surface area (Å²) in [4.78, 5) is 12.0. The lowest BCUT2D eigenvalue weighted by molar-refractivity contribution is 0.249. The van der Waals surface area contributed by atoms with Gasteiger partial charge in [0.1, 0.15) is 5.82 Å². The normalized spacial score (nSPS) is 12.0. The van der Waals surface area contributed by atoms with Gasteiger partial charge >= 0.3 is 6.03 Å². The van der Waals surface area contributed by atoms with Crippen LogP contribution < -0.4 is 10.6 Å². The highest BCUT2D eigenvalue weighted by atomic mass is 19.1. The molecule has 2 rings (SSSR count). The topological polar surface area (TPSA) is 59.0 Å². The minimum atomic E-state index is -0.260. The SMILES string of the molecule is CC[C@H](C)NC(=O)Nc1c(C)nn(Cc2ccccc2F)c1C. The second-order valence-corrected chi connectivity index (χ2v) is 5.70. The lowest BCUT2D eigenvalue weighted by atomic mass is 10.2. The van der Waals surface area contributed by atoms with Gasteiger partial charge in [0.15, 0.2) is 0 Å². The Morgan fingerprint density at radius 3 is 2.70 bits per heavy atom. The van der Waals surface area contributed by atoms with E-state index in [0.717, 1.165) is 12.1 Å². The predicted molar refractivity (Wildman–Crippen MR) is 89.1 cm³/mol. The molecular formula is C17H23FN4O. The predicted octanol–water partition coefficient (Wildman–Crippen LogP) is 3.61. The third kappa shape index (κ3) is 4.09. The Morgan fingerprint density at radius 1 is 1.35 bits per heavy atom. The van der Waals surface area contributed by atoms with Crippen LogP contribution in [0.3, 0.4) is 0 Å². The molecule has 0 spiro atoms. The first-order valence-corrected chi connectivity index (χ1v) is 7.77. The molecule has 0 saturated carbocycles. The highest BCUT2D eigenvalue weighted by Crippen LogP contribution is 2.21. The molecule has 0 unspecified atom stereocenters. The molecule has 2 aromatic rings. The van der Waals surface area contributed by atoms with Crippen LogP contribution >= 0.6 is 0 Å². The summed E-state index contributed by atoms with van der Waals surface area (Å²) >= 11 is 0. The van der Waals surface area contributed by atoms with Crippen molar-refractivity contribution < 1.29 is 9.18 Å². The van der Waals surface area contributed by atoms with E-state index in [9.17, 15) is 9.18 Å². The maximum absolute atomic E-state index is 13.8. The van der Waals surface area contributed by atoms with Gasteiger partial charge in [-0.1, -0.05) is 25.1 Å². The number of carbonyl (C=O) groups is 1. The quantitative estimate of drug-likeness (QED) is 0.885. The number of amides is 2. The van der Waals surface area contributed by atoms with Gasteiger partial charge in [0.2, 0.25) is 0 Å². The standard InChI is InChI=1S/C17H23FN4O/c1-5-11(2)19-17(23)20-16-12(3)21-22(13(16)4)10-14-8-6-7-9-15(14)18/h6-9,11H,5,10H2,1-4H3,(H2,19,20,23)/t11-/m0/s1. The fourth-order valence-electron chi connectivity index (χ4n) is 2.30. The average Bonchev–Trinajstić information content (AvgIpc) is 2.77. The zero-order valence-electron chi connectivity index (χ0n) is 14.0. The molecule has 0 fully saturated rings. The van der Waals surface area contributed by atoms with Crippen molar-refractivity contribution in [1.82, 2.24) is 15.1 Å². The molecule has 0 aliphatic carbocycles. The van der Waals surface area contributed by atoms with Crippen molar-refractivity contribution in [3.8, 4) is 0 Å². The monoisotopic (exact) mass is 318 g/mol. The van der Waals surface area contributed by atoms with Crippen LogP contribution in [0.2, 0.25) is 0 Å². The largest absolute Gasteiger partial charge is 0.335 e. The molecule has 0 aliphatic rings. The number of benzene rings is 1. The maximum atomic E-state index is 13.8. The Kier molecular flexibility index (Phi) is 5.36. The van der Waals surface area contributed by atoms with E-state index in [1.165, 1.54) is 6.07 Å². The van der Waals surface area contributed by atoms with Gasteiger partial charge in [0.05, 0.1) is 23.6 Å². The van der Waals surface area contributed by atoms with E-state index in [-0.39, 0.29) is 17.9 Å². The zero-order chi connectivity index (χ0) is 17.0. The van der Waals surface area contributed by atoms with E-state index in [1.807, 2.05) is 27.7 Å². The van der Waals surface area contributed by atoms with Crippen LogP contribution in [0.4, 0.5) is 14.9 Å². The molecule has 1 aromatic heterocycles. The summed E-state index contributed by atoms with van der Waals surface area (Å²) in [5, 5.41) is 10.1. The summed E-state index contributed by atoms with van der Waals surface area (Å²) in [7, 11) is 0. The van der Waals surface area contributed by atoms with Crippen molar-refractivity contribution in [2.45, 2.75) is 46.7 Å². The van der Waals surface area contributed by atoms with Gasteiger partial charge in [-0.25, -0.2) is 9.18 Å². The van der Waals surface area contributed by atoms with Crippen molar-refractivity contribution in [3.05, 3.63) is 47.0 Å². The van der Waals surface area contributed by atoms with Crippen LogP contribution in [-0.2, 0) is 6.54 Å². The molecule has 0 saturated heterocycles. The second kappa shape index (κ2) is 7.26. The third-order valence-corrected chi connectivity index (χ3v) is 3.89. The fraction of sp³-hybridized carbons (Fsp3) is 0.412. The number of rotatable bonds is 5. The van der Waals surface area contributed by atoms with Crippen LogP contribution in [0, 0.1) is 19.7 Å². The van der Waals surface area contributed by atoms with Crippen LogP contribution in [0.5, 0.6) is 0 Å². The molecule has 1 atom stereocenters. The van der Waals surface area contributed by atoms with E-state index in [0.29, 0.717) is 23.5 Å². The van der Waals surface area contributed by atoms with Gasteiger partial charge in [0, 0.05) is 11.6 Å². The highest BCUT2D eigenvalue weighted by molar-refractivity contribution is 5.90. The van der Waals surface area contributed by atoms with E-state index < -0.39 is 0 Å². The number of carbonyl (C=O) groups excluding carboxylic acids is 1. The van der Waals surface area contributed by atoms with E-state index in [2.05, 4.69) is 15.7 Å². The molecule has 2 amide bonds. The van der Waals surface area contributed by atoms with Gasteiger partial charge < -0.3 is 10.6 Å². The Labute approximate surface area is 135 Å². The number of hydrogen-bond acceptors (Lipinski definition) is 2. The lowest BCUT2D eigenvalue weighted by Gasteiger charge is -2.13. The molecule has 5 nitrogen and oxygen atoms in total. The summed E-state index contributed by atoms with van der Waals surface area (Å²) in [5.41, 5.74) is 2.74. The van der Waals surface area contributed by atoms with E-state index in [4.69, 9.17) is 0 Å². The summed E-state index contributed by atoms with van der Waals surface area (Å²) in [5.74, 6) is -0.260. The molecule has 6 heteroatoms. The number of urea groups is 1. The number of hydrogen-bond donors (Lipinski definition) is 2. The summed E-state index contributed by atoms with van der Waals surface area (Å²) in [6, 6.07) is 6.46. The molecule has 23 heavy (non-hydrogen) atoms. The molecule has 1 aromatic carbocycles. The van der Waals surface area contributed by atoms with Gasteiger partial charge in [0.25, 0.3) is 0 Å². The van der Waals surface area contributed by atoms with Crippen molar-refractivity contribution in [2.24, 2.45) is 0 Å². The maximum Gasteiger partial charge on any atom is 0.319 e. The molecule has 0 aliphatic heterocycles. The first kappa shape index (κ1) is 17.0. The average molecular weight is 318 g/mol. The summed E-state index contributed by atoms with van der Waals surface area (Å²) < 4.78 is 15.5. The highest BCUT2D eigenvalue weighted by Gasteiger charge is 2.15. The van der Waals surface area contributed by atoms with Crippen LogP contribution in [0.1, 0.15) is 37.2 Å². The Balaban J connectivity index is 2.16. The zero-order valence-corrected chi connectivity index (χ0v) is 14.0. The molecule has 124 valence electrons. The molecule has 1 heterocycles. The Bertz CT molecular complexity index is 696. The van der Waals surface area contributed by atoms with E-state index >= 15 is 0 Å². The van der Waals surface area contributed by atoms with Gasteiger partial charge in [-0.15, -0.1) is 0 Å². The van der Waals surface area contributed by atoms with Crippen LogP contribution in [0.15, 0.2) is 24.3 Å². The number of nitrogens with zero attached hydrogens (tertiary/aromatic N) is 2. The minimum Gasteiger partial charge on any atom is -0.335 e. The van der Waals surface area contributed by atoms with Crippen molar-refractivity contribution in [3.63, 3.8) is 0 Å². The number of anilines is 1. The Hall–Kier alpha value is -2.37. The first-order chi connectivity index (χ1) is 10.9. The van der Waals surface area contributed by atoms with Gasteiger partial charge in [-0.2, -0.15) is 5.10 Å². The van der Waals surface area contributed by atoms with Crippen molar-refractivity contribution in [2.75, 3.05) is 5.32 Å². The fourth-order valence-corrected chi connectivity index (χ4v) is 2.30. The molecule has 2 N–H and O–H groups in total. The van der Waals surface area contributed by atoms with Crippen LogP contribution in [0.25, 0.3) is 0 Å². The minimum absolute atomic E-state index is 0.101. The lowest BCUT2D eigenvalue weighted by Crippen LogP contribution is -2.35. The Morgan fingerprint density at radius 2 is 2.04 bits per heavy atom. The molecule has 0 bridgehead atoms. The summed E-state index contributed by atoms with van der Waals surface area (Å²) in [6.07, 6.45) is 0.859. The third-order valence-electron chi connectivity index (χ3n) is 3.89. The summed E-state index contributed by atoms with van der Waals surface area (Å²) in [6.45, 7) is 7.96. The number of aryl methyl sites for hydroxylation is 1. The number of nitrogens with one attached hydrogen (secondary N) is 2. The smallest absolute Gasteiger partial charge is 0.319 e. The van der Waals surface area contributed by atoms with E-state index in [1.54, 1.807) is 22.9 Å². The van der Waals surface area contributed by atoms with Crippen molar-refractivity contribution >= 4 is 11.7 Å². The van der Waals surface area contributed by atoms with Gasteiger partial charge in [-0.05, 0) is 33.3 Å². The number of aromatic nitrogens is 2.